The van der Waals surface area contributed by atoms with E-state index in [0.29, 0.717) is 6.10 Å². The van der Waals surface area contributed by atoms with Crippen LogP contribution in [-0.2, 0) is 4.79 Å². The Labute approximate surface area is 108 Å². The highest BCUT2D eigenvalue weighted by Gasteiger charge is 2.14. The van der Waals surface area contributed by atoms with Gasteiger partial charge in [-0.2, -0.15) is 0 Å². The number of anilines is 1. The van der Waals surface area contributed by atoms with Crippen molar-refractivity contribution in [2.75, 3.05) is 5.32 Å². The van der Waals surface area contributed by atoms with Crippen molar-refractivity contribution in [1.29, 1.82) is 0 Å². The maximum Gasteiger partial charge on any atom is 0.247 e. The molecule has 2 rings (SSSR count). The Morgan fingerprint density at radius 2 is 1.89 bits per heavy atom. The van der Waals surface area contributed by atoms with Gasteiger partial charge in [0.25, 0.3) is 0 Å². The summed E-state index contributed by atoms with van der Waals surface area (Å²) in [5.74, 6) is 0.675. The van der Waals surface area contributed by atoms with Gasteiger partial charge in [0.05, 0.1) is 6.10 Å². The third-order valence-electron chi connectivity index (χ3n) is 3.16. The first-order valence-electron chi connectivity index (χ1n) is 6.48. The van der Waals surface area contributed by atoms with Crippen LogP contribution in [0, 0.1) is 0 Å². The highest BCUT2D eigenvalue weighted by atomic mass is 16.5. The maximum atomic E-state index is 11.1. The summed E-state index contributed by atoms with van der Waals surface area (Å²) < 4.78 is 5.91. The Morgan fingerprint density at radius 1 is 1.22 bits per heavy atom. The predicted octanol–water partition coefficient (Wildman–Crippen LogP) is 3.52. The van der Waals surface area contributed by atoms with Crippen LogP contribution in [0.25, 0.3) is 0 Å². The van der Waals surface area contributed by atoms with Gasteiger partial charge in [-0.3, -0.25) is 4.79 Å². The van der Waals surface area contributed by atoms with Gasteiger partial charge in [-0.1, -0.05) is 13.0 Å². The normalized spacial score (nSPS) is 16.0. The number of hydrogen-bond donors (Lipinski definition) is 1. The fourth-order valence-corrected chi connectivity index (χ4v) is 2.19. The Hall–Kier alpha value is -1.77. The molecule has 1 N–H and O–H groups in total. The van der Waals surface area contributed by atoms with Crippen molar-refractivity contribution in [2.45, 2.75) is 38.2 Å². The smallest absolute Gasteiger partial charge is 0.247 e. The van der Waals surface area contributed by atoms with Crippen molar-refractivity contribution in [3.63, 3.8) is 0 Å². The predicted molar refractivity (Wildman–Crippen MR) is 72.8 cm³/mol. The minimum Gasteiger partial charge on any atom is -0.490 e. The van der Waals surface area contributed by atoms with Crippen LogP contribution >= 0.6 is 0 Å². The van der Waals surface area contributed by atoms with Crippen LogP contribution in [0.15, 0.2) is 36.9 Å². The number of amides is 1. The lowest BCUT2D eigenvalue weighted by atomic mass is 9.98. The Balaban J connectivity index is 1.90. The minimum absolute atomic E-state index is 0.198. The van der Waals surface area contributed by atoms with Crippen LogP contribution in [0.2, 0.25) is 0 Å². The van der Waals surface area contributed by atoms with Gasteiger partial charge in [-0.25, -0.2) is 0 Å². The summed E-state index contributed by atoms with van der Waals surface area (Å²) in [5.41, 5.74) is 0.760. The van der Waals surface area contributed by atoms with E-state index in [-0.39, 0.29) is 5.91 Å². The number of rotatable bonds is 4. The van der Waals surface area contributed by atoms with Crippen LogP contribution < -0.4 is 10.1 Å². The molecule has 1 fully saturated rings. The second kappa shape index (κ2) is 6.24. The topological polar surface area (TPSA) is 38.3 Å². The average molecular weight is 245 g/mol. The molecule has 1 saturated carbocycles. The molecule has 1 aromatic carbocycles. The lowest BCUT2D eigenvalue weighted by molar-refractivity contribution is -0.111. The number of nitrogens with one attached hydrogen (secondary N) is 1. The molecule has 0 unspecified atom stereocenters. The van der Waals surface area contributed by atoms with Gasteiger partial charge >= 0.3 is 0 Å². The lowest BCUT2D eigenvalue weighted by Crippen LogP contribution is -2.19. The van der Waals surface area contributed by atoms with Crippen molar-refractivity contribution in [3.05, 3.63) is 36.9 Å². The number of hydrogen-bond acceptors (Lipinski definition) is 2. The second-order valence-electron chi connectivity index (χ2n) is 4.60. The molecule has 0 aliphatic heterocycles. The molecule has 1 amide bonds. The van der Waals surface area contributed by atoms with Crippen LogP contribution in [0.3, 0.4) is 0 Å². The molecule has 18 heavy (non-hydrogen) atoms. The van der Waals surface area contributed by atoms with E-state index in [0.717, 1.165) is 24.3 Å². The van der Waals surface area contributed by atoms with Crippen LogP contribution in [0.4, 0.5) is 5.69 Å². The minimum atomic E-state index is -0.198. The van der Waals surface area contributed by atoms with E-state index in [1.807, 2.05) is 24.3 Å². The molecule has 96 valence electrons. The summed E-state index contributed by atoms with van der Waals surface area (Å²) in [6.07, 6.45) is 7.76. The molecular weight excluding hydrogens is 226 g/mol. The number of ether oxygens (including phenoxy) is 1. The third kappa shape index (κ3) is 3.62. The molecule has 3 nitrogen and oxygen atoms in total. The summed E-state index contributed by atoms with van der Waals surface area (Å²) in [5, 5.41) is 2.71. The summed E-state index contributed by atoms with van der Waals surface area (Å²) in [4.78, 5) is 11.1. The fraction of sp³-hybridized carbons (Fsp3) is 0.400. The largest absolute Gasteiger partial charge is 0.490 e. The number of carbonyl (C=O) groups is 1. The molecule has 0 atom stereocenters. The number of benzene rings is 1. The van der Waals surface area contributed by atoms with E-state index in [9.17, 15) is 4.79 Å². The highest BCUT2D eigenvalue weighted by molar-refractivity contribution is 5.98. The van der Waals surface area contributed by atoms with Gasteiger partial charge in [0.15, 0.2) is 0 Å². The Kier molecular flexibility index (Phi) is 4.40. The first kappa shape index (κ1) is 12.7. The molecule has 0 spiro atoms. The van der Waals surface area contributed by atoms with Gasteiger partial charge in [0, 0.05) is 5.69 Å². The van der Waals surface area contributed by atoms with Crippen LogP contribution in [0.5, 0.6) is 5.75 Å². The summed E-state index contributed by atoms with van der Waals surface area (Å²) >= 11 is 0. The van der Waals surface area contributed by atoms with Crippen molar-refractivity contribution in [3.8, 4) is 5.75 Å². The van der Waals surface area contributed by atoms with Gasteiger partial charge < -0.3 is 10.1 Å². The lowest BCUT2D eigenvalue weighted by Gasteiger charge is -2.23. The molecule has 1 aromatic rings. The monoisotopic (exact) mass is 245 g/mol. The second-order valence-corrected chi connectivity index (χ2v) is 4.60. The van der Waals surface area contributed by atoms with Crippen molar-refractivity contribution >= 4 is 11.6 Å². The Bertz CT molecular complexity index is 405. The highest BCUT2D eigenvalue weighted by Crippen LogP contribution is 2.24. The fourth-order valence-electron chi connectivity index (χ4n) is 2.19. The molecule has 1 aliphatic carbocycles. The molecule has 3 heteroatoms. The molecule has 0 radical (unpaired) electrons. The standard InChI is InChI=1S/C15H19NO2/c1-2-15(17)16-12-8-10-14(11-9-12)18-13-6-4-3-5-7-13/h2,8-11,13H,1,3-7H2,(H,16,17). The van der Waals surface area contributed by atoms with E-state index in [1.54, 1.807) is 0 Å². The van der Waals surface area contributed by atoms with Gasteiger partial charge in [-0.15, -0.1) is 0 Å². The first-order valence-corrected chi connectivity index (χ1v) is 6.48. The van der Waals surface area contributed by atoms with E-state index in [1.165, 1.54) is 25.3 Å². The quantitative estimate of drug-likeness (QED) is 0.824. The Morgan fingerprint density at radius 3 is 2.50 bits per heavy atom. The molecular formula is C15H19NO2. The first-order chi connectivity index (χ1) is 8.78. The molecule has 0 saturated heterocycles. The number of carbonyl (C=O) groups excluding carboxylic acids is 1. The van der Waals surface area contributed by atoms with E-state index >= 15 is 0 Å². The zero-order valence-corrected chi connectivity index (χ0v) is 10.5. The maximum absolute atomic E-state index is 11.1. The van der Waals surface area contributed by atoms with E-state index in [4.69, 9.17) is 4.74 Å². The molecule has 0 heterocycles. The van der Waals surface area contributed by atoms with Crippen molar-refractivity contribution < 1.29 is 9.53 Å². The molecule has 1 aliphatic rings. The van der Waals surface area contributed by atoms with Gasteiger partial charge in [0.1, 0.15) is 5.75 Å². The summed E-state index contributed by atoms with van der Waals surface area (Å²) in [6.45, 7) is 3.41. The zero-order valence-electron chi connectivity index (χ0n) is 10.5. The summed E-state index contributed by atoms with van der Waals surface area (Å²) in [7, 11) is 0. The van der Waals surface area contributed by atoms with Crippen molar-refractivity contribution in [2.24, 2.45) is 0 Å². The van der Waals surface area contributed by atoms with Gasteiger partial charge in [-0.05, 0) is 56.0 Å². The van der Waals surface area contributed by atoms with E-state index < -0.39 is 0 Å². The third-order valence-corrected chi connectivity index (χ3v) is 3.16. The van der Waals surface area contributed by atoms with Crippen molar-refractivity contribution in [1.82, 2.24) is 0 Å². The summed E-state index contributed by atoms with van der Waals surface area (Å²) in [6, 6.07) is 7.49. The SMILES string of the molecule is C=CC(=O)Nc1ccc(OC2CCCCC2)cc1. The van der Waals surface area contributed by atoms with E-state index in [2.05, 4.69) is 11.9 Å². The van der Waals surface area contributed by atoms with Gasteiger partial charge in [0.2, 0.25) is 5.91 Å². The zero-order chi connectivity index (χ0) is 12.8. The average Bonchev–Trinajstić information content (AvgIpc) is 2.42. The molecule has 0 aromatic heterocycles. The van der Waals surface area contributed by atoms with Crippen LogP contribution in [-0.4, -0.2) is 12.0 Å². The van der Waals surface area contributed by atoms with Crippen LogP contribution in [0.1, 0.15) is 32.1 Å². The molecule has 0 bridgehead atoms.